The maximum absolute atomic E-state index is 4.43. The van der Waals surface area contributed by atoms with Gasteiger partial charge in [-0.05, 0) is 24.3 Å². The number of pyridine rings is 2. The van der Waals surface area contributed by atoms with Crippen molar-refractivity contribution in [3.8, 4) is 22.5 Å². The van der Waals surface area contributed by atoms with E-state index in [1.54, 1.807) is 0 Å². The number of fused-ring (bicyclic) bond motifs is 2. The van der Waals surface area contributed by atoms with Crippen LogP contribution in [0.15, 0.2) is 122 Å². The zero-order valence-corrected chi connectivity index (χ0v) is 19.1. The van der Waals surface area contributed by atoms with Crippen molar-refractivity contribution in [3.05, 3.63) is 122 Å². The van der Waals surface area contributed by atoms with Crippen LogP contribution in [0, 0.1) is 0 Å². The molecule has 0 saturated heterocycles. The van der Waals surface area contributed by atoms with Crippen molar-refractivity contribution < 1.29 is 20.1 Å². The van der Waals surface area contributed by atoms with E-state index in [1.807, 2.05) is 94.5 Å². The first-order chi connectivity index (χ1) is 14.9. The van der Waals surface area contributed by atoms with Crippen molar-refractivity contribution in [2.24, 2.45) is 0 Å². The summed E-state index contributed by atoms with van der Waals surface area (Å²) >= 11 is 0. The summed E-state index contributed by atoms with van der Waals surface area (Å²) in [6.07, 6.45) is 7.71. The molecule has 153 valence electrons. The van der Waals surface area contributed by atoms with Crippen LogP contribution in [0.2, 0.25) is 0 Å². The molecule has 0 saturated carbocycles. The maximum Gasteiger partial charge on any atom is 0.0999 e. The normalized spacial score (nSPS) is 10.3. The van der Waals surface area contributed by atoms with Crippen LogP contribution >= 0.6 is 0 Å². The molecule has 0 spiro atoms. The molecule has 0 N–H and O–H groups in total. The number of nitrogens with zero attached hydrogens (tertiary/aromatic N) is 4. The summed E-state index contributed by atoms with van der Waals surface area (Å²) in [4.78, 5) is 8.86. The molecule has 0 bridgehead atoms. The Balaban J connectivity index is 0.000000144. The third-order valence-electron chi connectivity index (χ3n) is 4.98. The first-order valence-corrected chi connectivity index (χ1v) is 9.84. The molecular formula is C26H20IrN4. The number of hydrogen-bond acceptors (Lipinski definition) is 2. The molecule has 0 atom stereocenters. The summed E-state index contributed by atoms with van der Waals surface area (Å²) in [5.41, 5.74) is 6.68. The number of benzene rings is 2. The van der Waals surface area contributed by atoms with Crippen LogP contribution < -0.4 is 0 Å². The smallest absolute Gasteiger partial charge is 0.0999 e. The Bertz CT molecular complexity index is 1280. The second-order valence-corrected chi connectivity index (χ2v) is 6.90. The average Bonchev–Trinajstić information content (AvgIpc) is 3.45. The zero-order valence-electron chi connectivity index (χ0n) is 16.7. The maximum atomic E-state index is 4.43. The molecule has 31 heavy (non-hydrogen) atoms. The van der Waals surface area contributed by atoms with Gasteiger partial charge < -0.3 is 8.80 Å². The van der Waals surface area contributed by atoms with Crippen LogP contribution in [-0.4, -0.2) is 18.8 Å². The fourth-order valence-corrected chi connectivity index (χ4v) is 3.52. The third-order valence-corrected chi connectivity index (χ3v) is 4.98. The molecule has 6 rings (SSSR count). The molecule has 0 aliphatic heterocycles. The van der Waals surface area contributed by atoms with Crippen LogP contribution in [0.4, 0.5) is 0 Å². The van der Waals surface area contributed by atoms with Gasteiger partial charge in [0.2, 0.25) is 0 Å². The first kappa shape index (κ1) is 20.7. The SMILES string of the molecule is [Ir].c1ccc(-c2ncn3ccccc23)cc1.c1ccc(-c2ncn3ccccc23)cc1. The molecule has 2 aromatic carbocycles. The zero-order chi connectivity index (χ0) is 20.2. The molecule has 4 nitrogen and oxygen atoms in total. The van der Waals surface area contributed by atoms with E-state index in [-0.39, 0.29) is 20.1 Å². The molecule has 0 aliphatic carbocycles. The predicted octanol–water partition coefficient (Wildman–Crippen LogP) is 6.00. The van der Waals surface area contributed by atoms with E-state index < -0.39 is 0 Å². The van der Waals surface area contributed by atoms with Crippen LogP contribution in [-0.2, 0) is 20.1 Å². The minimum atomic E-state index is 0. The van der Waals surface area contributed by atoms with Crippen LogP contribution in [0.5, 0.6) is 0 Å². The monoisotopic (exact) mass is 581 g/mol. The Hall–Kier alpha value is -3.53. The number of hydrogen-bond donors (Lipinski definition) is 0. The van der Waals surface area contributed by atoms with Gasteiger partial charge in [-0.2, -0.15) is 0 Å². The Labute approximate surface area is 194 Å². The quantitative estimate of drug-likeness (QED) is 0.252. The molecule has 4 aromatic heterocycles. The Kier molecular flexibility index (Phi) is 6.37. The Morgan fingerprint density at radius 1 is 0.452 bits per heavy atom. The molecule has 6 aromatic rings. The van der Waals surface area contributed by atoms with Crippen molar-refractivity contribution in [1.82, 2.24) is 18.8 Å². The van der Waals surface area contributed by atoms with E-state index in [1.165, 1.54) is 0 Å². The van der Waals surface area contributed by atoms with Gasteiger partial charge in [0.25, 0.3) is 0 Å². The number of aromatic nitrogens is 4. The Morgan fingerprint density at radius 3 is 1.26 bits per heavy atom. The molecule has 0 amide bonds. The summed E-state index contributed by atoms with van der Waals surface area (Å²) in [7, 11) is 0. The van der Waals surface area contributed by atoms with Crippen molar-refractivity contribution in [2.75, 3.05) is 0 Å². The van der Waals surface area contributed by atoms with Crippen LogP contribution in [0.1, 0.15) is 0 Å². The molecule has 0 unspecified atom stereocenters. The van der Waals surface area contributed by atoms with Crippen molar-refractivity contribution in [1.29, 1.82) is 0 Å². The molecular weight excluding hydrogens is 561 g/mol. The van der Waals surface area contributed by atoms with Gasteiger partial charge in [0.15, 0.2) is 0 Å². The average molecular weight is 581 g/mol. The van der Waals surface area contributed by atoms with Crippen molar-refractivity contribution in [3.63, 3.8) is 0 Å². The van der Waals surface area contributed by atoms with Gasteiger partial charge in [-0.15, -0.1) is 0 Å². The number of imidazole rings is 2. The predicted molar refractivity (Wildman–Crippen MR) is 121 cm³/mol. The fraction of sp³-hybridized carbons (Fsp3) is 0. The fourth-order valence-electron chi connectivity index (χ4n) is 3.52. The minimum Gasteiger partial charge on any atom is -0.306 e. The van der Waals surface area contributed by atoms with Gasteiger partial charge in [0, 0.05) is 43.6 Å². The van der Waals surface area contributed by atoms with E-state index in [9.17, 15) is 0 Å². The topological polar surface area (TPSA) is 34.6 Å². The van der Waals surface area contributed by atoms with E-state index in [2.05, 4.69) is 46.4 Å². The van der Waals surface area contributed by atoms with Crippen LogP contribution in [0.25, 0.3) is 33.5 Å². The second kappa shape index (κ2) is 9.52. The van der Waals surface area contributed by atoms with Gasteiger partial charge in [-0.25, -0.2) is 9.97 Å². The standard InChI is InChI=1S/2C13H10N2.Ir/c2*1-2-6-11(7-3-1)13-12-8-4-5-9-15(12)10-14-13;/h2*1-10H;. The van der Waals surface area contributed by atoms with E-state index in [0.29, 0.717) is 0 Å². The molecule has 0 fully saturated rings. The summed E-state index contributed by atoms with van der Waals surface area (Å²) in [6.45, 7) is 0. The van der Waals surface area contributed by atoms with Gasteiger partial charge in [-0.1, -0.05) is 72.8 Å². The van der Waals surface area contributed by atoms with E-state index in [0.717, 1.165) is 33.5 Å². The molecule has 0 aliphatic rings. The van der Waals surface area contributed by atoms with Crippen molar-refractivity contribution >= 4 is 11.0 Å². The van der Waals surface area contributed by atoms with Crippen LogP contribution in [0.3, 0.4) is 0 Å². The number of rotatable bonds is 2. The third kappa shape index (κ3) is 4.33. The summed E-state index contributed by atoms with van der Waals surface area (Å²) in [6, 6.07) is 32.7. The van der Waals surface area contributed by atoms with E-state index in [4.69, 9.17) is 0 Å². The largest absolute Gasteiger partial charge is 0.306 e. The molecule has 1 radical (unpaired) electrons. The molecule has 4 heterocycles. The second-order valence-electron chi connectivity index (χ2n) is 6.90. The van der Waals surface area contributed by atoms with Gasteiger partial charge in [0.05, 0.1) is 35.1 Å². The molecule has 5 heteroatoms. The van der Waals surface area contributed by atoms with E-state index >= 15 is 0 Å². The Morgan fingerprint density at radius 2 is 0.839 bits per heavy atom. The van der Waals surface area contributed by atoms with Gasteiger partial charge in [0.1, 0.15) is 0 Å². The van der Waals surface area contributed by atoms with Gasteiger partial charge in [-0.3, -0.25) is 0 Å². The summed E-state index contributed by atoms with van der Waals surface area (Å²) in [5, 5.41) is 0. The first-order valence-electron chi connectivity index (χ1n) is 9.84. The minimum absolute atomic E-state index is 0. The van der Waals surface area contributed by atoms with Gasteiger partial charge >= 0.3 is 0 Å². The summed E-state index contributed by atoms with van der Waals surface area (Å²) in [5.74, 6) is 0. The summed E-state index contributed by atoms with van der Waals surface area (Å²) < 4.78 is 4.06. The van der Waals surface area contributed by atoms with Crippen molar-refractivity contribution in [2.45, 2.75) is 0 Å².